The molecule has 0 aromatic rings. The molecule has 0 aromatic carbocycles. The standard InChI is InChI=1S/C14H23NO2/c1-3-10(4-2)11-12(16)14(15-13(11)17)8-6-5-7-9-14/h10-11H,3-9H2,1-2H3,(H,15,17). The number of nitrogens with one attached hydrogen (secondary N) is 1. The van der Waals surface area contributed by atoms with Gasteiger partial charge >= 0.3 is 0 Å². The summed E-state index contributed by atoms with van der Waals surface area (Å²) in [7, 11) is 0. The molecule has 0 radical (unpaired) electrons. The maximum Gasteiger partial charge on any atom is 0.231 e. The second kappa shape index (κ2) is 4.79. The lowest BCUT2D eigenvalue weighted by Gasteiger charge is -2.32. The van der Waals surface area contributed by atoms with Crippen molar-refractivity contribution in [1.29, 1.82) is 0 Å². The molecule has 3 nitrogen and oxygen atoms in total. The van der Waals surface area contributed by atoms with E-state index in [0.29, 0.717) is 0 Å². The van der Waals surface area contributed by atoms with Gasteiger partial charge in [0.1, 0.15) is 5.92 Å². The third kappa shape index (κ3) is 2.00. The minimum atomic E-state index is -0.484. The van der Waals surface area contributed by atoms with Gasteiger partial charge in [0.05, 0.1) is 5.54 Å². The lowest BCUT2D eigenvalue weighted by molar-refractivity contribution is -0.131. The zero-order valence-corrected chi connectivity index (χ0v) is 10.9. The van der Waals surface area contributed by atoms with E-state index in [4.69, 9.17) is 0 Å². The molecule has 1 amide bonds. The molecule has 1 heterocycles. The average Bonchev–Trinajstić information content (AvgIpc) is 2.56. The topological polar surface area (TPSA) is 46.2 Å². The first-order valence-corrected chi connectivity index (χ1v) is 7.01. The third-order valence-electron chi connectivity index (χ3n) is 4.63. The predicted octanol–water partition coefficient (Wildman–Crippen LogP) is 2.44. The molecule has 17 heavy (non-hydrogen) atoms. The van der Waals surface area contributed by atoms with Crippen LogP contribution in [0.25, 0.3) is 0 Å². The Morgan fingerprint density at radius 1 is 1.18 bits per heavy atom. The van der Waals surface area contributed by atoms with Crippen LogP contribution in [-0.4, -0.2) is 17.2 Å². The number of rotatable bonds is 3. The van der Waals surface area contributed by atoms with Gasteiger partial charge in [-0.15, -0.1) is 0 Å². The monoisotopic (exact) mass is 237 g/mol. The van der Waals surface area contributed by atoms with Crippen molar-refractivity contribution in [2.75, 3.05) is 0 Å². The lowest BCUT2D eigenvalue weighted by atomic mass is 9.74. The molecule has 96 valence electrons. The fourth-order valence-corrected chi connectivity index (χ4v) is 3.51. The van der Waals surface area contributed by atoms with E-state index in [1.165, 1.54) is 6.42 Å². The van der Waals surface area contributed by atoms with Crippen LogP contribution in [0.2, 0.25) is 0 Å². The van der Waals surface area contributed by atoms with Gasteiger partial charge in [-0.1, -0.05) is 46.0 Å². The van der Waals surface area contributed by atoms with E-state index in [9.17, 15) is 9.59 Å². The summed E-state index contributed by atoms with van der Waals surface area (Å²) in [6, 6.07) is 0. The smallest absolute Gasteiger partial charge is 0.231 e. The van der Waals surface area contributed by atoms with Crippen molar-refractivity contribution in [3.63, 3.8) is 0 Å². The number of carbonyl (C=O) groups excluding carboxylic acids is 2. The van der Waals surface area contributed by atoms with Crippen LogP contribution in [-0.2, 0) is 9.59 Å². The predicted molar refractivity (Wildman–Crippen MR) is 66.5 cm³/mol. The van der Waals surface area contributed by atoms with E-state index in [1.54, 1.807) is 0 Å². The molecule has 2 fully saturated rings. The Morgan fingerprint density at radius 2 is 1.76 bits per heavy atom. The van der Waals surface area contributed by atoms with Gasteiger partial charge in [-0.2, -0.15) is 0 Å². The van der Waals surface area contributed by atoms with Crippen LogP contribution in [0.4, 0.5) is 0 Å². The summed E-state index contributed by atoms with van der Waals surface area (Å²) in [6.07, 6.45) is 6.87. The molecule has 0 bridgehead atoms. The second-order valence-electron chi connectivity index (χ2n) is 5.55. The number of carbonyl (C=O) groups is 2. The van der Waals surface area contributed by atoms with Crippen molar-refractivity contribution < 1.29 is 9.59 Å². The number of amides is 1. The van der Waals surface area contributed by atoms with Crippen LogP contribution in [0.3, 0.4) is 0 Å². The van der Waals surface area contributed by atoms with E-state index in [1.807, 2.05) is 0 Å². The normalized spacial score (nSPS) is 27.8. The van der Waals surface area contributed by atoms with E-state index < -0.39 is 5.54 Å². The zero-order chi connectivity index (χ0) is 12.5. The van der Waals surface area contributed by atoms with Crippen molar-refractivity contribution in [2.45, 2.75) is 64.3 Å². The molecule has 1 unspecified atom stereocenters. The Kier molecular flexibility index (Phi) is 3.55. The van der Waals surface area contributed by atoms with Gasteiger partial charge in [0.25, 0.3) is 0 Å². The molecule has 2 rings (SSSR count). The summed E-state index contributed by atoms with van der Waals surface area (Å²) in [5, 5.41) is 3.03. The maximum absolute atomic E-state index is 12.6. The first-order valence-electron chi connectivity index (χ1n) is 7.01. The Bertz CT molecular complexity index is 314. The van der Waals surface area contributed by atoms with E-state index in [2.05, 4.69) is 19.2 Å². The highest BCUT2D eigenvalue weighted by molar-refractivity contribution is 6.13. The average molecular weight is 237 g/mol. The summed E-state index contributed by atoms with van der Waals surface area (Å²) in [4.78, 5) is 24.7. The largest absolute Gasteiger partial charge is 0.343 e. The summed E-state index contributed by atoms with van der Waals surface area (Å²) in [5.41, 5.74) is -0.484. The lowest BCUT2D eigenvalue weighted by Crippen LogP contribution is -2.48. The van der Waals surface area contributed by atoms with Crippen LogP contribution < -0.4 is 5.32 Å². The molecule has 1 atom stereocenters. The molecule has 1 aliphatic carbocycles. The molecule has 3 heteroatoms. The molecule has 1 aliphatic heterocycles. The van der Waals surface area contributed by atoms with Crippen LogP contribution in [0, 0.1) is 11.8 Å². The van der Waals surface area contributed by atoms with Crippen molar-refractivity contribution in [1.82, 2.24) is 5.32 Å². The molecule has 0 aromatic heterocycles. The fourth-order valence-electron chi connectivity index (χ4n) is 3.51. The first kappa shape index (κ1) is 12.6. The van der Waals surface area contributed by atoms with Gasteiger partial charge in [-0.05, 0) is 18.8 Å². The van der Waals surface area contributed by atoms with Crippen molar-refractivity contribution in [2.24, 2.45) is 11.8 Å². The summed E-state index contributed by atoms with van der Waals surface area (Å²) in [6.45, 7) is 4.14. The Hall–Kier alpha value is -0.860. The van der Waals surface area contributed by atoms with Gasteiger partial charge in [0.2, 0.25) is 5.91 Å². The first-order chi connectivity index (χ1) is 8.14. The highest BCUT2D eigenvalue weighted by atomic mass is 16.2. The van der Waals surface area contributed by atoms with Gasteiger partial charge in [-0.3, -0.25) is 9.59 Å². The number of hydrogen-bond donors (Lipinski definition) is 1. The molecule has 2 aliphatic rings. The molecular weight excluding hydrogens is 214 g/mol. The quantitative estimate of drug-likeness (QED) is 0.766. The van der Waals surface area contributed by atoms with Crippen molar-refractivity contribution in [3.8, 4) is 0 Å². The molecule has 1 saturated carbocycles. The van der Waals surface area contributed by atoms with Crippen molar-refractivity contribution >= 4 is 11.7 Å². The van der Waals surface area contributed by atoms with Crippen LogP contribution in [0.1, 0.15) is 58.8 Å². The third-order valence-corrected chi connectivity index (χ3v) is 4.63. The van der Waals surface area contributed by atoms with Crippen molar-refractivity contribution in [3.05, 3.63) is 0 Å². The molecular formula is C14H23NO2. The Morgan fingerprint density at radius 3 is 2.29 bits per heavy atom. The number of ketones is 1. The van der Waals surface area contributed by atoms with Crippen LogP contribution in [0.15, 0.2) is 0 Å². The highest BCUT2D eigenvalue weighted by Crippen LogP contribution is 2.38. The molecule has 1 N–H and O–H groups in total. The Balaban J connectivity index is 2.20. The van der Waals surface area contributed by atoms with E-state index in [-0.39, 0.29) is 23.5 Å². The molecule has 1 spiro atoms. The van der Waals surface area contributed by atoms with Gasteiger partial charge in [0.15, 0.2) is 5.78 Å². The summed E-state index contributed by atoms with van der Waals surface area (Å²) >= 11 is 0. The number of hydrogen-bond acceptors (Lipinski definition) is 2. The summed E-state index contributed by atoms with van der Waals surface area (Å²) in [5.74, 6) is 0.0356. The summed E-state index contributed by atoms with van der Waals surface area (Å²) < 4.78 is 0. The van der Waals surface area contributed by atoms with Gasteiger partial charge < -0.3 is 5.32 Å². The fraction of sp³-hybridized carbons (Fsp3) is 0.857. The minimum absolute atomic E-state index is 0.00870. The number of Topliss-reactive ketones (excluding diaryl/α,β-unsaturated/α-hetero) is 1. The van der Waals surface area contributed by atoms with Crippen LogP contribution >= 0.6 is 0 Å². The second-order valence-corrected chi connectivity index (χ2v) is 5.55. The Labute approximate surface area is 103 Å². The highest BCUT2D eigenvalue weighted by Gasteiger charge is 2.53. The van der Waals surface area contributed by atoms with E-state index >= 15 is 0 Å². The zero-order valence-electron chi connectivity index (χ0n) is 10.9. The van der Waals surface area contributed by atoms with Gasteiger partial charge in [-0.25, -0.2) is 0 Å². The maximum atomic E-state index is 12.6. The SMILES string of the molecule is CCC(CC)C1C(=O)NC2(CCCCC2)C1=O. The molecule has 1 saturated heterocycles. The van der Waals surface area contributed by atoms with Gasteiger partial charge in [0, 0.05) is 0 Å². The minimum Gasteiger partial charge on any atom is -0.343 e. The van der Waals surface area contributed by atoms with E-state index in [0.717, 1.165) is 38.5 Å². The van der Waals surface area contributed by atoms with Crippen LogP contribution in [0.5, 0.6) is 0 Å².